The molecule has 2 aromatic rings. The van der Waals surface area contributed by atoms with Gasteiger partial charge in [0.25, 0.3) is 0 Å². The van der Waals surface area contributed by atoms with Gasteiger partial charge in [0.1, 0.15) is 5.82 Å². The molecule has 100 valence electrons. The molecule has 2 rings (SSSR count). The number of hydrogen-bond donors (Lipinski definition) is 1. The van der Waals surface area contributed by atoms with Gasteiger partial charge in [0.2, 0.25) is 5.91 Å². The number of carbonyl (C=O) groups is 1. The number of nitrogens with zero attached hydrogens (tertiary/aromatic N) is 2. The minimum absolute atomic E-state index is 0.105. The van der Waals surface area contributed by atoms with Gasteiger partial charge in [0, 0.05) is 48.5 Å². The zero-order valence-corrected chi connectivity index (χ0v) is 12.6. The van der Waals surface area contributed by atoms with E-state index in [9.17, 15) is 4.79 Å². The average Bonchev–Trinajstić information content (AvgIpc) is 2.39. The molecule has 0 aliphatic carbocycles. The average molecular weight is 322 g/mol. The van der Waals surface area contributed by atoms with Crippen molar-refractivity contribution in [3.05, 3.63) is 34.9 Å². The number of amides is 1. The van der Waals surface area contributed by atoms with E-state index in [1.165, 1.54) is 0 Å². The lowest BCUT2D eigenvalue weighted by Crippen LogP contribution is -2.24. The summed E-state index contributed by atoms with van der Waals surface area (Å²) in [6, 6.07) is 7.96. The Morgan fingerprint density at radius 3 is 2.84 bits per heavy atom. The van der Waals surface area contributed by atoms with E-state index in [-0.39, 0.29) is 5.91 Å². The van der Waals surface area contributed by atoms with Crippen LogP contribution in [0.25, 0.3) is 10.8 Å². The van der Waals surface area contributed by atoms with Crippen molar-refractivity contribution in [2.75, 3.05) is 26.0 Å². The predicted octanol–water partition coefficient (Wildman–Crippen LogP) is 2.89. The third kappa shape index (κ3) is 3.23. The quantitative estimate of drug-likeness (QED) is 0.941. The van der Waals surface area contributed by atoms with E-state index in [4.69, 9.17) is 0 Å². The first-order valence-corrected chi connectivity index (χ1v) is 6.86. The summed E-state index contributed by atoms with van der Waals surface area (Å²) in [4.78, 5) is 17.4. The maximum absolute atomic E-state index is 11.5. The van der Waals surface area contributed by atoms with Crippen LogP contribution in [0.5, 0.6) is 0 Å². The molecule has 0 radical (unpaired) electrons. The summed E-state index contributed by atoms with van der Waals surface area (Å²) in [5.41, 5.74) is 0. The molecule has 0 saturated heterocycles. The number of fused-ring (bicyclic) bond motifs is 1. The predicted molar refractivity (Wildman–Crippen MR) is 81.2 cm³/mol. The molecule has 0 aliphatic rings. The van der Waals surface area contributed by atoms with Crippen molar-refractivity contribution in [1.29, 1.82) is 0 Å². The van der Waals surface area contributed by atoms with Crippen molar-refractivity contribution in [3.8, 4) is 0 Å². The zero-order valence-electron chi connectivity index (χ0n) is 11.0. The van der Waals surface area contributed by atoms with Gasteiger partial charge < -0.3 is 10.2 Å². The van der Waals surface area contributed by atoms with Crippen molar-refractivity contribution in [2.24, 2.45) is 0 Å². The fourth-order valence-electron chi connectivity index (χ4n) is 1.82. The first-order chi connectivity index (χ1) is 9.09. The van der Waals surface area contributed by atoms with Crippen LogP contribution in [0.4, 0.5) is 5.82 Å². The van der Waals surface area contributed by atoms with Crippen molar-refractivity contribution in [1.82, 2.24) is 9.88 Å². The summed E-state index contributed by atoms with van der Waals surface area (Å²) in [5.74, 6) is 0.916. The monoisotopic (exact) mass is 321 g/mol. The van der Waals surface area contributed by atoms with Crippen LogP contribution in [0, 0.1) is 0 Å². The summed E-state index contributed by atoms with van der Waals surface area (Å²) < 4.78 is 1.04. The largest absolute Gasteiger partial charge is 0.369 e. The third-order valence-corrected chi connectivity index (χ3v) is 3.57. The molecule has 1 aromatic heterocycles. The van der Waals surface area contributed by atoms with E-state index in [1.54, 1.807) is 25.2 Å². The summed E-state index contributed by atoms with van der Waals surface area (Å²) >= 11 is 3.53. The van der Waals surface area contributed by atoms with Crippen LogP contribution in [-0.4, -0.2) is 36.4 Å². The van der Waals surface area contributed by atoms with Gasteiger partial charge in [-0.1, -0.05) is 28.1 Å². The van der Waals surface area contributed by atoms with Gasteiger partial charge in [-0.05, 0) is 12.1 Å². The fourth-order valence-corrected chi connectivity index (χ4v) is 2.32. The molecular weight excluding hydrogens is 306 g/mol. The Morgan fingerprint density at radius 1 is 1.32 bits per heavy atom. The first-order valence-electron chi connectivity index (χ1n) is 6.07. The minimum atomic E-state index is 0.105. The lowest BCUT2D eigenvalue weighted by molar-refractivity contribution is -0.128. The Bertz CT molecular complexity index is 598. The number of aromatic nitrogens is 1. The first kappa shape index (κ1) is 13.8. The van der Waals surface area contributed by atoms with E-state index in [0.29, 0.717) is 13.0 Å². The van der Waals surface area contributed by atoms with Gasteiger partial charge in [-0.25, -0.2) is 4.98 Å². The molecule has 1 N–H and O–H groups in total. The van der Waals surface area contributed by atoms with Gasteiger partial charge in [-0.2, -0.15) is 0 Å². The van der Waals surface area contributed by atoms with E-state index < -0.39 is 0 Å². The second kappa shape index (κ2) is 6.02. The van der Waals surface area contributed by atoms with E-state index >= 15 is 0 Å². The Morgan fingerprint density at radius 2 is 2.11 bits per heavy atom. The maximum atomic E-state index is 11.5. The SMILES string of the molecule is CN(C)C(=O)CCNc1nccc2c(Br)cccc12. The normalized spacial score (nSPS) is 10.5. The van der Waals surface area contributed by atoms with Gasteiger partial charge >= 0.3 is 0 Å². The molecule has 5 heteroatoms. The van der Waals surface area contributed by atoms with E-state index in [0.717, 1.165) is 21.1 Å². The molecule has 0 unspecified atom stereocenters. The Kier molecular flexibility index (Phi) is 4.37. The standard InChI is InChI=1S/C14H16BrN3O/c1-18(2)13(19)7-9-17-14-11-4-3-5-12(15)10(11)6-8-16-14/h3-6,8H,7,9H2,1-2H3,(H,16,17). The Balaban J connectivity index is 2.13. The molecule has 0 fully saturated rings. The number of nitrogens with one attached hydrogen (secondary N) is 1. The summed E-state index contributed by atoms with van der Waals surface area (Å²) in [6.45, 7) is 0.579. The number of benzene rings is 1. The topological polar surface area (TPSA) is 45.2 Å². The van der Waals surface area contributed by atoms with Crippen LogP contribution in [0.15, 0.2) is 34.9 Å². The lowest BCUT2D eigenvalue weighted by atomic mass is 10.1. The zero-order chi connectivity index (χ0) is 13.8. The molecule has 1 aromatic carbocycles. The van der Waals surface area contributed by atoms with Crippen LogP contribution in [0.2, 0.25) is 0 Å². The summed E-state index contributed by atoms with van der Waals surface area (Å²) in [5, 5.41) is 5.38. The fraction of sp³-hybridized carbons (Fsp3) is 0.286. The van der Waals surface area contributed by atoms with Crippen molar-refractivity contribution < 1.29 is 4.79 Å². The summed E-state index contributed by atoms with van der Waals surface area (Å²) in [7, 11) is 3.52. The number of hydrogen-bond acceptors (Lipinski definition) is 3. The smallest absolute Gasteiger partial charge is 0.223 e. The number of rotatable bonds is 4. The lowest BCUT2D eigenvalue weighted by Gasteiger charge is -2.12. The van der Waals surface area contributed by atoms with Crippen molar-refractivity contribution >= 4 is 38.4 Å². The molecule has 1 heterocycles. The van der Waals surface area contributed by atoms with E-state index in [1.807, 2.05) is 24.3 Å². The number of pyridine rings is 1. The van der Waals surface area contributed by atoms with Gasteiger partial charge in [0.15, 0.2) is 0 Å². The van der Waals surface area contributed by atoms with E-state index in [2.05, 4.69) is 26.2 Å². The second-order valence-electron chi connectivity index (χ2n) is 4.46. The molecule has 19 heavy (non-hydrogen) atoms. The van der Waals surface area contributed by atoms with Crippen LogP contribution < -0.4 is 5.32 Å². The molecule has 0 bridgehead atoms. The molecule has 4 nitrogen and oxygen atoms in total. The highest BCUT2D eigenvalue weighted by Gasteiger charge is 2.06. The Hall–Kier alpha value is -1.62. The molecule has 0 atom stereocenters. The highest BCUT2D eigenvalue weighted by molar-refractivity contribution is 9.10. The van der Waals surface area contributed by atoms with Crippen LogP contribution >= 0.6 is 15.9 Å². The number of carbonyl (C=O) groups excluding carboxylic acids is 1. The van der Waals surface area contributed by atoms with Crippen LogP contribution in [0.3, 0.4) is 0 Å². The van der Waals surface area contributed by atoms with Crippen molar-refractivity contribution in [3.63, 3.8) is 0 Å². The number of anilines is 1. The highest BCUT2D eigenvalue weighted by Crippen LogP contribution is 2.27. The summed E-state index contributed by atoms with van der Waals surface area (Å²) in [6.07, 6.45) is 2.22. The van der Waals surface area contributed by atoms with Crippen LogP contribution in [0.1, 0.15) is 6.42 Å². The van der Waals surface area contributed by atoms with Crippen LogP contribution in [-0.2, 0) is 4.79 Å². The molecular formula is C14H16BrN3O. The van der Waals surface area contributed by atoms with Gasteiger partial charge in [-0.3, -0.25) is 4.79 Å². The minimum Gasteiger partial charge on any atom is -0.369 e. The number of halogens is 1. The second-order valence-corrected chi connectivity index (χ2v) is 5.31. The molecule has 0 saturated carbocycles. The molecule has 0 spiro atoms. The van der Waals surface area contributed by atoms with Gasteiger partial charge in [0.05, 0.1) is 0 Å². The Labute approximate surface area is 120 Å². The molecule has 1 amide bonds. The molecule has 0 aliphatic heterocycles. The van der Waals surface area contributed by atoms with Gasteiger partial charge in [-0.15, -0.1) is 0 Å². The highest BCUT2D eigenvalue weighted by atomic mass is 79.9. The van der Waals surface area contributed by atoms with Crippen molar-refractivity contribution in [2.45, 2.75) is 6.42 Å². The maximum Gasteiger partial charge on any atom is 0.223 e. The third-order valence-electron chi connectivity index (χ3n) is 2.88.